The molecule has 2 N–H and O–H groups in total. The van der Waals surface area contributed by atoms with E-state index in [0.717, 1.165) is 12.1 Å². The van der Waals surface area contributed by atoms with Crippen molar-refractivity contribution >= 4 is 11.7 Å². The molecule has 2 aromatic rings. The zero-order valence-corrected chi connectivity index (χ0v) is 12.8. The van der Waals surface area contributed by atoms with Crippen LogP contribution in [0.25, 0.3) is 0 Å². The molecule has 0 aliphatic carbocycles. The van der Waals surface area contributed by atoms with E-state index in [1.807, 2.05) is 38.1 Å². The molecular formula is C18H22N2O. The Morgan fingerprint density at radius 3 is 2.05 bits per heavy atom. The smallest absolute Gasteiger partial charge is 0.319 e. The van der Waals surface area contributed by atoms with Crippen LogP contribution in [0.4, 0.5) is 10.5 Å². The molecule has 2 aromatic carbocycles. The van der Waals surface area contributed by atoms with Crippen molar-refractivity contribution in [1.82, 2.24) is 5.32 Å². The van der Waals surface area contributed by atoms with E-state index in [-0.39, 0.29) is 12.1 Å². The molecule has 0 saturated carbocycles. The lowest BCUT2D eigenvalue weighted by atomic mass is 10.1. The number of aryl methyl sites for hydroxylation is 2. The molecule has 0 aromatic heterocycles. The van der Waals surface area contributed by atoms with Crippen LogP contribution in [0.3, 0.4) is 0 Å². The molecule has 0 fully saturated rings. The third kappa shape index (κ3) is 4.95. The summed E-state index contributed by atoms with van der Waals surface area (Å²) in [5, 5.41) is 5.80. The molecule has 21 heavy (non-hydrogen) atoms. The number of urea groups is 1. The van der Waals surface area contributed by atoms with Gasteiger partial charge >= 0.3 is 6.03 Å². The number of benzene rings is 2. The summed E-state index contributed by atoms with van der Waals surface area (Å²) in [5.74, 6) is 0. The SMILES string of the molecule is Cc1ccc(CC(C)NC(=O)Nc2ccc(C)cc2)cc1. The molecule has 110 valence electrons. The summed E-state index contributed by atoms with van der Waals surface area (Å²) in [6, 6.07) is 16.1. The number of nitrogens with one attached hydrogen (secondary N) is 2. The highest BCUT2D eigenvalue weighted by Crippen LogP contribution is 2.09. The lowest BCUT2D eigenvalue weighted by molar-refractivity contribution is 0.249. The number of carbonyl (C=O) groups excluding carboxylic acids is 1. The first kappa shape index (κ1) is 15.1. The largest absolute Gasteiger partial charge is 0.335 e. The average Bonchev–Trinajstić information content (AvgIpc) is 2.44. The minimum absolute atomic E-state index is 0.0816. The van der Waals surface area contributed by atoms with Gasteiger partial charge in [-0.2, -0.15) is 0 Å². The van der Waals surface area contributed by atoms with Gasteiger partial charge in [0.15, 0.2) is 0 Å². The first-order valence-electron chi connectivity index (χ1n) is 7.22. The average molecular weight is 282 g/mol. The molecule has 0 aliphatic rings. The monoisotopic (exact) mass is 282 g/mol. The predicted molar refractivity (Wildman–Crippen MR) is 87.7 cm³/mol. The molecule has 0 spiro atoms. The second-order valence-corrected chi connectivity index (χ2v) is 5.56. The Bertz CT molecular complexity index is 588. The molecular weight excluding hydrogens is 260 g/mol. The van der Waals surface area contributed by atoms with E-state index < -0.39 is 0 Å². The van der Waals surface area contributed by atoms with Gasteiger partial charge < -0.3 is 10.6 Å². The van der Waals surface area contributed by atoms with Crippen molar-refractivity contribution in [2.24, 2.45) is 0 Å². The third-order valence-electron chi connectivity index (χ3n) is 3.35. The van der Waals surface area contributed by atoms with Crippen LogP contribution in [0.2, 0.25) is 0 Å². The quantitative estimate of drug-likeness (QED) is 0.872. The summed E-state index contributed by atoms with van der Waals surface area (Å²) in [6.07, 6.45) is 0.821. The molecule has 3 heteroatoms. The highest BCUT2D eigenvalue weighted by Gasteiger charge is 2.08. The number of hydrogen-bond acceptors (Lipinski definition) is 1. The van der Waals surface area contributed by atoms with Crippen molar-refractivity contribution < 1.29 is 4.79 Å². The van der Waals surface area contributed by atoms with Crippen molar-refractivity contribution in [3.8, 4) is 0 Å². The first-order chi connectivity index (χ1) is 10.0. The first-order valence-corrected chi connectivity index (χ1v) is 7.22. The third-order valence-corrected chi connectivity index (χ3v) is 3.35. The van der Waals surface area contributed by atoms with Crippen molar-refractivity contribution in [2.75, 3.05) is 5.32 Å². The molecule has 3 nitrogen and oxygen atoms in total. The molecule has 0 aliphatic heterocycles. The van der Waals surface area contributed by atoms with Crippen LogP contribution in [-0.2, 0) is 6.42 Å². The Hall–Kier alpha value is -2.29. The second-order valence-electron chi connectivity index (χ2n) is 5.56. The van der Waals surface area contributed by atoms with Gasteiger partial charge in [-0.1, -0.05) is 47.5 Å². The van der Waals surface area contributed by atoms with Crippen LogP contribution in [0.15, 0.2) is 48.5 Å². The van der Waals surface area contributed by atoms with Gasteiger partial charge in [0.1, 0.15) is 0 Å². The van der Waals surface area contributed by atoms with E-state index in [4.69, 9.17) is 0 Å². The lowest BCUT2D eigenvalue weighted by Crippen LogP contribution is -2.37. The Kier molecular flexibility index (Phi) is 4.99. The van der Waals surface area contributed by atoms with Crippen LogP contribution >= 0.6 is 0 Å². The predicted octanol–water partition coefficient (Wildman–Crippen LogP) is 4.06. The molecule has 2 rings (SSSR count). The van der Waals surface area contributed by atoms with E-state index in [9.17, 15) is 4.79 Å². The van der Waals surface area contributed by atoms with Gasteiger partial charge in [0, 0.05) is 11.7 Å². The Labute approximate surface area is 126 Å². The summed E-state index contributed by atoms with van der Waals surface area (Å²) in [6.45, 7) is 6.10. The molecule has 1 unspecified atom stereocenters. The fourth-order valence-corrected chi connectivity index (χ4v) is 2.16. The van der Waals surface area contributed by atoms with Crippen molar-refractivity contribution in [1.29, 1.82) is 0 Å². The van der Waals surface area contributed by atoms with E-state index in [2.05, 4.69) is 41.8 Å². The molecule has 0 heterocycles. The van der Waals surface area contributed by atoms with Gasteiger partial charge in [0.2, 0.25) is 0 Å². The molecule has 0 saturated heterocycles. The van der Waals surface area contributed by atoms with Crippen LogP contribution < -0.4 is 10.6 Å². The zero-order valence-electron chi connectivity index (χ0n) is 12.8. The number of amides is 2. The Morgan fingerprint density at radius 2 is 1.48 bits per heavy atom. The van der Waals surface area contributed by atoms with Crippen LogP contribution in [-0.4, -0.2) is 12.1 Å². The summed E-state index contributed by atoms with van der Waals surface area (Å²) >= 11 is 0. The highest BCUT2D eigenvalue weighted by molar-refractivity contribution is 5.89. The zero-order chi connectivity index (χ0) is 15.2. The lowest BCUT2D eigenvalue weighted by Gasteiger charge is -2.15. The topological polar surface area (TPSA) is 41.1 Å². The molecule has 1 atom stereocenters. The summed E-state index contributed by atoms with van der Waals surface area (Å²) in [5.41, 5.74) is 4.45. The fourth-order valence-electron chi connectivity index (χ4n) is 2.16. The molecule has 2 amide bonds. The van der Waals surface area contributed by atoms with Crippen LogP contribution in [0, 0.1) is 13.8 Å². The normalized spacial score (nSPS) is 11.8. The van der Waals surface area contributed by atoms with Gasteiger partial charge in [-0.3, -0.25) is 0 Å². The summed E-state index contributed by atoms with van der Waals surface area (Å²) in [4.78, 5) is 11.9. The molecule has 0 bridgehead atoms. The van der Waals surface area contributed by atoms with Crippen molar-refractivity contribution in [3.63, 3.8) is 0 Å². The Morgan fingerprint density at radius 1 is 0.952 bits per heavy atom. The van der Waals surface area contributed by atoms with Gasteiger partial charge in [-0.15, -0.1) is 0 Å². The Balaban J connectivity index is 1.84. The van der Waals surface area contributed by atoms with E-state index in [0.29, 0.717) is 0 Å². The standard InChI is InChI=1S/C18H22N2O/c1-13-4-8-16(9-5-13)12-15(3)19-18(21)20-17-10-6-14(2)7-11-17/h4-11,15H,12H2,1-3H3,(H2,19,20,21). The minimum atomic E-state index is -0.168. The second kappa shape index (κ2) is 6.93. The van der Waals surface area contributed by atoms with Crippen LogP contribution in [0.5, 0.6) is 0 Å². The van der Waals surface area contributed by atoms with Gasteiger partial charge in [-0.25, -0.2) is 4.79 Å². The highest BCUT2D eigenvalue weighted by atomic mass is 16.2. The van der Waals surface area contributed by atoms with Crippen molar-refractivity contribution in [3.05, 3.63) is 65.2 Å². The molecule has 0 radical (unpaired) electrons. The maximum atomic E-state index is 11.9. The van der Waals surface area contributed by atoms with Crippen molar-refractivity contribution in [2.45, 2.75) is 33.2 Å². The number of hydrogen-bond donors (Lipinski definition) is 2. The van der Waals surface area contributed by atoms with Gasteiger partial charge in [0.25, 0.3) is 0 Å². The maximum Gasteiger partial charge on any atom is 0.319 e. The van der Waals surface area contributed by atoms with Crippen LogP contribution in [0.1, 0.15) is 23.6 Å². The number of carbonyl (C=O) groups is 1. The number of rotatable bonds is 4. The fraction of sp³-hybridized carbons (Fsp3) is 0.278. The van der Waals surface area contributed by atoms with E-state index >= 15 is 0 Å². The van der Waals surface area contributed by atoms with Gasteiger partial charge in [0.05, 0.1) is 0 Å². The van der Waals surface area contributed by atoms with Gasteiger partial charge in [-0.05, 0) is 44.9 Å². The maximum absolute atomic E-state index is 11.9. The van der Waals surface area contributed by atoms with E-state index in [1.54, 1.807) is 0 Å². The minimum Gasteiger partial charge on any atom is -0.335 e. The van der Waals surface area contributed by atoms with E-state index in [1.165, 1.54) is 16.7 Å². The summed E-state index contributed by atoms with van der Waals surface area (Å²) in [7, 11) is 0. The number of anilines is 1. The summed E-state index contributed by atoms with van der Waals surface area (Å²) < 4.78 is 0.